The van der Waals surface area contributed by atoms with Crippen molar-refractivity contribution in [2.45, 2.75) is 15.9 Å². The summed E-state index contributed by atoms with van der Waals surface area (Å²) in [6.45, 7) is 0. The van der Waals surface area contributed by atoms with Gasteiger partial charge in [-0.05, 0) is 41.3 Å². The molecule has 7 nitrogen and oxygen atoms in total. The fourth-order valence-electron chi connectivity index (χ4n) is 2.61. The fourth-order valence-corrected chi connectivity index (χ4v) is 4.77. The molecule has 0 atom stereocenters. The zero-order chi connectivity index (χ0) is 20.8. The van der Waals surface area contributed by atoms with Crippen molar-refractivity contribution in [1.82, 2.24) is 19.9 Å². The number of nitrogens with zero attached hydrogens (tertiary/aromatic N) is 4. The Morgan fingerprint density at radius 2 is 2.03 bits per heavy atom. The van der Waals surface area contributed by atoms with Crippen LogP contribution < -0.4 is 11.2 Å². The minimum atomic E-state index is -0.129. The van der Waals surface area contributed by atoms with Gasteiger partial charge in [0.15, 0.2) is 5.82 Å². The molecule has 3 heterocycles. The van der Waals surface area contributed by atoms with Crippen LogP contribution in [0, 0.1) is 0 Å². The minimum absolute atomic E-state index is 0.129. The molecule has 0 aliphatic heterocycles. The molecule has 3 N–H and O–H groups in total. The highest BCUT2D eigenvalue weighted by Crippen LogP contribution is 2.25. The third-order valence-corrected chi connectivity index (χ3v) is 6.80. The lowest BCUT2D eigenvalue weighted by Crippen LogP contribution is -2.16. The number of hydrogen-bond acceptors (Lipinski definition) is 8. The molecule has 4 aromatic rings. The maximum atomic E-state index is 12.4. The molecule has 30 heavy (non-hydrogen) atoms. The van der Waals surface area contributed by atoms with Crippen LogP contribution in [0.5, 0.6) is 0 Å². The van der Waals surface area contributed by atoms with E-state index in [-0.39, 0.29) is 11.7 Å². The van der Waals surface area contributed by atoms with Crippen molar-refractivity contribution in [2.75, 3.05) is 16.9 Å². The Bertz CT molecular complexity index is 1110. The van der Waals surface area contributed by atoms with Gasteiger partial charge in [-0.3, -0.25) is 4.79 Å². The maximum absolute atomic E-state index is 12.4. The van der Waals surface area contributed by atoms with E-state index in [9.17, 15) is 4.79 Å². The van der Waals surface area contributed by atoms with Gasteiger partial charge in [0.25, 0.3) is 0 Å². The number of thiophene rings is 1. The number of thioether (sulfide) groups is 2. The Morgan fingerprint density at radius 1 is 1.10 bits per heavy atom. The van der Waals surface area contributed by atoms with Gasteiger partial charge in [-0.25, -0.2) is 9.66 Å². The van der Waals surface area contributed by atoms with Crippen molar-refractivity contribution in [1.29, 1.82) is 0 Å². The third kappa shape index (κ3) is 5.21. The van der Waals surface area contributed by atoms with E-state index in [1.165, 1.54) is 27.8 Å². The molecular formula is C20H18N6OS3. The van der Waals surface area contributed by atoms with Gasteiger partial charge in [-0.2, -0.15) is 0 Å². The van der Waals surface area contributed by atoms with Crippen LogP contribution in [0.4, 0.5) is 5.69 Å². The average molecular weight is 455 g/mol. The zero-order valence-electron chi connectivity index (χ0n) is 15.8. The molecule has 0 saturated carbocycles. The Kier molecular flexibility index (Phi) is 6.67. The number of carbonyl (C=O) groups excluding carboxylic acids is 1. The van der Waals surface area contributed by atoms with Crippen molar-refractivity contribution in [2.24, 2.45) is 0 Å². The molecule has 3 aromatic heterocycles. The first-order chi connectivity index (χ1) is 14.7. The van der Waals surface area contributed by atoms with Crippen LogP contribution in [0.15, 0.2) is 76.4 Å². The predicted molar refractivity (Wildman–Crippen MR) is 123 cm³/mol. The topological polar surface area (TPSA) is 98.7 Å². The second kappa shape index (κ2) is 9.79. The smallest absolute Gasteiger partial charge is 0.234 e. The van der Waals surface area contributed by atoms with E-state index in [1.54, 1.807) is 18.0 Å². The molecule has 1 amide bonds. The van der Waals surface area contributed by atoms with E-state index >= 15 is 0 Å². The minimum Gasteiger partial charge on any atom is -0.335 e. The Morgan fingerprint density at radius 3 is 2.83 bits per heavy atom. The van der Waals surface area contributed by atoms with Crippen LogP contribution in [0.1, 0.15) is 5.56 Å². The van der Waals surface area contributed by atoms with E-state index in [0.717, 1.165) is 26.9 Å². The number of nitrogens with two attached hydrogens (primary N) is 1. The van der Waals surface area contributed by atoms with E-state index in [1.807, 2.05) is 60.0 Å². The number of anilines is 1. The van der Waals surface area contributed by atoms with Crippen molar-refractivity contribution < 1.29 is 4.79 Å². The Balaban J connectivity index is 1.31. The Hall–Kier alpha value is -2.82. The van der Waals surface area contributed by atoms with Crippen LogP contribution in [-0.2, 0) is 10.5 Å². The van der Waals surface area contributed by atoms with Crippen LogP contribution in [0.2, 0.25) is 0 Å². The molecule has 10 heteroatoms. The number of aromatic nitrogens is 4. The van der Waals surface area contributed by atoms with Gasteiger partial charge in [-0.15, -0.1) is 33.3 Å². The first-order valence-corrected chi connectivity index (χ1v) is 11.8. The highest BCUT2D eigenvalue weighted by atomic mass is 32.2. The van der Waals surface area contributed by atoms with E-state index in [4.69, 9.17) is 5.84 Å². The molecule has 0 radical (unpaired) electrons. The summed E-state index contributed by atoms with van der Waals surface area (Å²) in [5.74, 6) is 7.49. The number of nitrogens with one attached hydrogen (secondary N) is 1. The van der Waals surface area contributed by atoms with Gasteiger partial charge in [0.05, 0.1) is 15.7 Å². The lowest BCUT2D eigenvalue weighted by Gasteiger charge is -2.07. The van der Waals surface area contributed by atoms with Gasteiger partial charge in [-0.1, -0.05) is 36.0 Å². The van der Waals surface area contributed by atoms with Crippen LogP contribution in [0.3, 0.4) is 0 Å². The first-order valence-electron chi connectivity index (χ1n) is 8.99. The van der Waals surface area contributed by atoms with E-state index < -0.39 is 0 Å². The molecule has 0 saturated heterocycles. The van der Waals surface area contributed by atoms with Gasteiger partial charge in [0, 0.05) is 17.6 Å². The van der Waals surface area contributed by atoms with E-state index in [0.29, 0.717) is 11.0 Å². The second-order valence-corrected chi connectivity index (χ2v) is 9.03. The first kappa shape index (κ1) is 20.5. The third-order valence-electron chi connectivity index (χ3n) is 3.97. The molecule has 4 rings (SSSR count). The number of hydrogen-bond donors (Lipinski definition) is 2. The summed E-state index contributed by atoms with van der Waals surface area (Å²) in [4.78, 5) is 17.6. The maximum Gasteiger partial charge on any atom is 0.234 e. The summed E-state index contributed by atoms with van der Waals surface area (Å²) >= 11 is 4.44. The number of amides is 1. The second-order valence-electron chi connectivity index (χ2n) is 6.15. The summed E-state index contributed by atoms with van der Waals surface area (Å²) in [6, 6.07) is 17.5. The monoisotopic (exact) mass is 454 g/mol. The summed E-state index contributed by atoms with van der Waals surface area (Å²) in [7, 11) is 0. The van der Waals surface area contributed by atoms with Crippen molar-refractivity contribution >= 4 is 46.5 Å². The van der Waals surface area contributed by atoms with Crippen molar-refractivity contribution in [3.63, 3.8) is 0 Å². The molecule has 152 valence electrons. The van der Waals surface area contributed by atoms with Crippen LogP contribution in [-0.4, -0.2) is 31.5 Å². The van der Waals surface area contributed by atoms with Crippen molar-refractivity contribution in [3.8, 4) is 10.7 Å². The average Bonchev–Trinajstić information content (AvgIpc) is 3.41. The predicted octanol–water partition coefficient (Wildman–Crippen LogP) is 4.14. The fraction of sp³-hybridized carbons (Fsp3) is 0.100. The van der Waals surface area contributed by atoms with Crippen molar-refractivity contribution in [3.05, 3.63) is 71.7 Å². The number of carbonyl (C=O) groups is 1. The lowest BCUT2D eigenvalue weighted by atomic mass is 10.2. The number of rotatable bonds is 8. The summed E-state index contributed by atoms with van der Waals surface area (Å²) in [6.07, 6.45) is 1.78. The van der Waals surface area contributed by atoms with Crippen LogP contribution >= 0.6 is 34.9 Å². The van der Waals surface area contributed by atoms with Crippen LogP contribution in [0.25, 0.3) is 10.7 Å². The molecule has 0 fully saturated rings. The van der Waals surface area contributed by atoms with E-state index in [2.05, 4.69) is 20.5 Å². The quantitative estimate of drug-likeness (QED) is 0.305. The normalized spacial score (nSPS) is 10.8. The van der Waals surface area contributed by atoms with Gasteiger partial charge in [0.1, 0.15) is 0 Å². The molecule has 0 aliphatic rings. The summed E-state index contributed by atoms with van der Waals surface area (Å²) in [5.41, 5.74) is 1.87. The molecular weight excluding hydrogens is 436 g/mol. The standard InChI is InChI=1S/C20H18N6OS3/c21-26-19(16-7-4-10-28-16)24-25-20(26)30-13-17(27)23-15-6-3-5-14(11-15)12-29-18-8-1-2-9-22-18/h1-11H,12-13,21H2,(H,23,27). The number of nitrogen functional groups attached to an aromatic ring is 1. The SMILES string of the molecule is Nn1c(SCC(=O)Nc2cccc(CSc3ccccn3)c2)nnc1-c1cccs1. The molecule has 0 spiro atoms. The summed E-state index contributed by atoms with van der Waals surface area (Å²) < 4.78 is 1.42. The highest BCUT2D eigenvalue weighted by molar-refractivity contribution is 7.99. The molecule has 0 unspecified atom stereocenters. The van der Waals surface area contributed by atoms with Gasteiger partial charge in [0.2, 0.25) is 11.1 Å². The number of pyridine rings is 1. The largest absolute Gasteiger partial charge is 0.335 e. The van der Waals surface area contributed by atoms with Gasteiger partial charge >= 0.3 is 0 Å². The number of benzene rings is 1. The van der Waals surface area contributed by atoms with Gasteiger partial charge < -0.3 is 11.2 Å². The molecule has 0 bridgehead atoms. The zero-order valence-corrected chi connectivity index (χ0v) is 18.2. The molecule has 1 aromatic carbocycles. The molecule has 0 aliphatic carbocycles. The Labute approximate surface area is 186 Å². The lowest BCUT2D eigenvalue weighted by molar-refractivity contribution is -0.113. The highest BCUT2D eigenvalue weighted by Gasteiger charge is 2.14. The summed E-state index contributed by atoms with van der Waals surface area (Å²) in [5, 5.41) is 14.5.